The van der Waals surface area contributed by atoms with Crippen LogP contribution < -0.4 is 0 Å². The molecule has 0 aromatic carbocycles. The van der Waals surface area contributed by atoms with Gasteiger partial charge in [-0.05, 0) is 26.2 Å². The summed E-state index contributed by atoms with van der Waals surface area (Å²) in [5.41, 5.74) is -0.976. The van der Waals surface area contributed by atoms with Gasteiger partial charge in [0.15, 0.2) is 0 Å². The lowest BCUT2D eigenvalue weighted by molar-refractivity contribution is -0.771. The molecule has 1 aliphatic rings. The van der Waals surface area contributed by atoms with Crippen LogP contribution in [0.4, 0.5) is 0 Å². The average molecular weight is 233 g/mol. The molecule has 1 aliphatic carbocycles. The molecule has 7 nitrogen and oxygen atoms in total. The first-order chi connectivity index (χ1) is 7.39. The van der Waals surface area contributed by atoms with Gasteiger partial charge >= 0.3 is 5.97 Å². The van der Waals surface area contributed by atoms with Crippen molar-refractivity contribution in [3.63, 3.8) is 0 Å². The van der Waals surface area contributed by atoms with Gasteiger partial charge in [-0.2, -0.15) is 0 Å². The highest BCUT2D eigenvalue weighted by Gasteiger charge is 2.44. The van der Waals surface area contributed by atoms with Crippen molar-refractivity contribution in [1.29, 1.82) is 0 Å². The first kappa shape index (κ1) is 12.7. The highest BCUT2D eigenvalue weighted by Crippen LogP contribution is 2.38. The molecule has 1 N–H and O–H groups in total. The quantitative estimate of drug-likeness (QED) is 0.571. The van der Waals surface area contributed by atoms with Crippen molar-refractivity contribution in [2.24, 2.45) is 5.41 Å². The molecule has 0 unspecified atom stereocenters. The predicted molar refractivity (Wildman–Crippen MR) is 52.3 cm³/mol. The third kappa shape index (κ3) is 2.60. The Morgan fingerprint density at radius 3 is 2.62 bits per heavy atom. The minimum absolute atomic E-state index is 0.0851. The third-order valence-electron chi connectivity index (χ3n) is 3.09. The number of aliphatic carboxylic acids is 1. The number of ether oxygens (including phenoxy) is 1. The van der Waals surface area contributed by atoms with E-state index in [9.17, 15) is 14.9 Å². The first-order valence-corrected chi connectivity index (χ1v) is 4.96. The molecule has 0 spiro atoms. The molecule has 0 aromatic heterocycles. The molecule has 0 aromatic rings. The molecule has 0 heterocycles. The van der Waals surface area contributed by atoms with E-state index in [2.05, 4.69) is 4.84 Å². The topological polar surface area (TPSA) is 98.9 Å². The minimum Gasteiger partial charge on any atom is -0.481 e. The Balaban J connectivity index is 2.76. The van der Waals surface area contributed by atoms with Crippen LogP contribution in [0.3, 0.4) is 0 Å². The molecule has 3 atom stereocenters. The van der Waals surface area contributed by atoms with Crippen molar-refractivity contribution in [2.45, 2.75) is 38.4 Å². The highest BCUT2D eigenvalue weighted by atomic mass is 17.0. The van der Waals surface area contributed by atoms with Crippen LogP contribution in [0.1, 0.15) is 26.2 Å². The maximum Gasteiger partial charge on any atom is 0.309 e. The summed E-state index contributed by atoms with van der Waals surface area (Å²) in [7, 11) is 1.43. The zero-order chi connectivity index (χ0) is 12.3. The second-order valence-electron chi connectivity index (χ2n) is 4.25. The van der Waals surface area contributed by atoms with E-state index in [1.54, 1.807) is 6.92 Å². The number of carboxylic acids is 1. The molecular weight excluding hydrogens is 218 g/mol. The molecule has 0 radical (unpaired) electrons. The summed E-state index contributed by atoms with van der Waals surface area (Å²) in [6.07, 6.45) is -0.273. The normalized spacial score (nSPS) is 34.4. The summed E-state index contributed by atoms with van der Waals surface area (Å²) in [4.78, 5) is 25.8. The van der Waals surface area contributed by atoms with Gasteiger partial charge < -0.3 is 14.7 Å². The number of hydrogen-bond acceptors (Lipinski definition) is 5. The fraction of sp³-hybridized carbons (Fsp3) is 0.889. The van der Waals surface area contributed by atoms with E-state index < -0.39 is 28.7 Å². The number of nitrogens with zero attached hydrogens (tertiary/aromatic N) is 1. The van der Waals surface area contributed by atoms with E-state index in [4.69, 9.17) is 9.84 Å². The number of methoxy groups -OCH3 is 1. The van der Waals surface area contributed by atoms with Gasteiger partial charge in [0.25, 0.3) is 5.09 Å². The van der Waals surface area contributed by atoms with Crippen LogP contribution in [0.5, 0.6) is 0 Å². The molecule has 0 bridgehead atoms. The second-order valence-corrected chi connectivity index (χ2v) is 4.25. The Kier molecular flexibility index (Phi) is 3.69. The van der Waals surface area contributed by atoms with E-state index in [1.807, 2.05) is 0 Å². The smallest absolute Gasteiger partial charge is 0.309 e. The van der Waals surface area contributed by atoms with Gasteiger partial charge in [-0.3, -0.25) is 4.79 Å². The van der Waals surface area contributed by atoms with Crippen LogP contribution >= 0.6 is 0 Å². The van der Waals surface area contributed by atoms with Crippen molar-refractivity contribution >= 4 is 5.97 Å². The van der Waals surface area contributed by atoms with E-state index in [1.165, 1.54) is 7.11 Å². The third-order valence-corrected chi connectivity index (χ3v) is 3.09. The SMILES string of the molecule is CO[C@@H]1CC[C@@](C)(C(=O)O)C[C@H]1O[N+](=O)[O-]. The lowest BCUT2D eigenvalue weighted by Gasteiger charge is -2.37. The van der Waals surface area contributed by atoms with E-state index >= 15 is 0 Å². The van der Waals surface area contributed by atoms with E-state index in [-0.39, 0.29) is 6.42 Å². The number of rotatable bonds is 4. The van der Waals surface area contributed by atoms with Gasteiger partial charge in [0.1, 0.15) is 6.10 Å². The van der Waals surface area contributed by atoms with Crippen LogP contribution in [0, 0.1) is 15.5 Å². The Morgan fingerprint density at radius 2 is 2.19 bits per heavy atom. The number of carbonyl (C=O) groups is 1. The van der Waals surface area contributed by atoms with Crippen molar-refractivity contribution in [3.8, 4) is 0 Å². The molecule has 1 fully saturated rings. The van der Waals surface area contributed by atoms with Crippen LogP contribution in [-0.2, 0) is 14.4 Å². The standard InChI is InChI=1S/C9H15NO6/c1-9(8(11)12)4-3-6(15-2)7(5-9)16-10(13)14/h6-7H,3-5H2,1-2H3,(H,11,12)/t6-,7-,9-/m1/s1. The number of carboxylic acid groups (broad SMARTS) is 1. The van der Waals surface area contributed by atoms with Gasteiger partial charge in [0.05, 0.1) is 11.5 Å². The molecule has 0 saturated heterocycles. The van der Waals surface area contributed by atoms with Crippen molar-refractivity contribution in [1.82, 2.24) is 0 Å². The largest absolute Gasteiger partial charge is 0.481 e. The minimum atomic E-state index is -0.976. The maximum atomic E-state index is 11.0. The van der Waals surface area contributed by atoms with Crippen molar-refractivity contribution in [3.05, 3.63) is 10.1 Å². The van der Waals surface area contributed by atoms with E-state index in [0.717, 1.165) is 0 Å². The van der Waals surface area contributed by atoms with Crippen LogP contribution in [0.2, 0.25) is 0 Å². The molecule has 16 heavy (non-hydrogen) atoms. The Bertz CT molecular complexity index is 294. The lowest BCUT2D eigenvalue weighted by Crippen LogP contribution is -2.45. The van der Waals surface area contributed by atoms with Gasteiger partial charge in [-0.25, -0.2) is 0 Å². The molecule has 1 rings (SSSR count). The number of hydrogen-bond donors (Lipinski definition) is 1. The molecule has 0 amide bonds. The molecule has 0 aliphatic heterocycles. The Morgan fingerprint density at radius 1 is 1.56 bits per heavy atom. The zero-order valence-corrected chi connectivity index (χ0v) is 9.21. The van der Waals surface area contributed by atoms with Crippen LogP contribution in [0.25, 0.3) is 0 Å². The van der Waals surface area contributed by atoms with Gasteiger partial charge in [-0.1, -0.05) is 0 Å². The summed E-state index contributed by atoms with van der Waals surface area (Å²) in [5.74, 6) is -0.959. The molecule has 1 saturated carbocycles. The highest BCUT2D eigenvalue weighted by molar-refractivity contribution is 5.74. The second kappa shape index (κ2) is 4.65. The average Bonchev–Trinajstić information content (AvgIpc) is 2.17. The summed E-state index contributed by atoms with van der Waals surface area (Å²) in [5, 5.41) is 18.4. The zero-order valence-electron chi connectivity index (χ0n) is 9.21. The Labute approximate surface area is 92.4 Å². The summed E-state index contributed by atoms with van der Waals surface area (Å²) in [6, 6.07) is 0. The van der Waals surface area contributed by atoms with Crippen molar-refractivity contribution in [2.75, 3.05) is 7.11 Å². The first-order valence-electron chi connectivity index (χ1n) is 4.96. The van der Waals surface area contributed by atoms with E-state index in [0.29, 0.717) is 12.8 Å². The fourth-order valence-electron chi connectivity index (χ4n) is 2.00. The monoisotopic (exact) mass is 233 g/mol. The molecule has 92 valence electrons. The predicted octanol–water partition coefficient (Wildman–Crippen LogP) is 0.853. The van der Waals surface area contributed by atoms with Crippen LogP contribution in [-0.4, -0.2) is 35.5 Å². The van der Waals surface area contributed by atoms with Crippen molar-refractivity contribution < 1.29 is 24.6 Å². The summed E-state index contributed by atoms with van der Waals surface area (Å²) >= 11 is 0. The van der Waals surface area contributed by atoms with Gasteiger partial charge in [-0.15, -0.1) is 10.1 Å². The fourth-order valence-corrected chi connectivity index (χ4v) is 2.00. The van der Waals surface area contributed by atoms with Gasteiger partial charge in [0, 0.05) is 7.11 Å². The molecular formula is C9H15NO6. The Hall–Kier alpha value is -1.37. The maximum absolute atomic E-state index is 11.0. The summed E-state index contributed by atoms with van der Waals surface area (Å²) < 4.78 is 5.06. The van der Waals surface area contributed by atoms with Gasteiger partial charge in [0.2, 0.25) is 0 Å². The lowest BCUT2D eigenvalue weighted by atomic mass is 9.73. The molecule has 7 heteroatoms. The van der Waals surface area contributed by atoms with Crippen LogP contribution in [0.15, 0.2) is 0 Å². The summed E-state index contributed by atoms with van der Waals surface area (Å²) in [6.45, 7) is 1.57.